The van der Waals surface area contributed by atoms with Gasteiger partial charge in [-0.1, -0.05) is 67.9 Å². The van der Waals surface area contributed by atoms with Crippen molar-refractivity contribution < 1.29 is 19.1 Å². The topological polar surface area (TPSA) is 146 Å². The number of rotatable bonds is 14. The van der Waals surface area contributed by atoms with Crippen LogP contribution in [0.25, 0.3) is 0 Å². The van der Waals surface area contributed by atoms with Crippen molar-refractivity contribution in [1.29, 1.82) is 5.41 Å². The third-order valence-electron chi connectivity index (χ3n) is 5.50. The van der Waals surface area contributed by atoms with Crippen molar-refractivity contribution in [3.05, 3.63) is 71.3 Å². The Bertz CT molecular complexity index is 964. The van der Waals surface area contributed by atoms with E-state index in [2.05, 4.69) is 51.9 Å². The van der Waals surface area contributed by atoms with E-state index in [4.69, 9.17) is 11.1 Å². The minimum absolute atomic E-state index is 0.00766. The van der Waals surface area contributed by atoms with E-state index >= 15 is 0 Å². The highest BCUT2D eigenvalue weighted by Gasteiger charge is 2.15. The summed E-state index contributed by atoms with van der Waals surface area (Å²) < 4.78 is 4.57. The molecular weight excluding hydrogens is 470 g/mol. The van der Waals surface area contributed by atoms with Crippen LogP contribution in [0.4, 0.5) is 0 Å². The second kappa shape index (κ2) is 18.5. The summed E-state index contributed by atoms with van der Waals surface area (Å²) in [6.45, 7) is 4.89. The lowest BCUT2D eigenvalue weighted by molar-refractivity contribution is -0.140. The van der Waals surface area contributed by atoms with Gasteiger partial charge in [0.1, 0.15) is 11.9 Å². The van der Waals surface area contributed by atoms with Gasteiger partial charge < -0.3 is 26.4 Å². The van der Waals surface area contributed by atoms with E-state index in [1.54, 1.807) is 31.2 Å². The Morgan fingerprint density at radius 3 is 2.22 bits per heavy atom. The van der Waals surface area contributed by atoms with Gasteiger partial charge in [0.05, 0.1) is 13.7 Å². The van der Waals surface area contributed by atoms with Gasteiger partial charge in [-0.2, -0.15) is 0 Å². The van der Waals surface area contributed by atoms with E-state index in [1.165, 1.54) is 12.7 Å². The van der Waals surface area contributed by atoms with Crippen molar-refractivity contribution in [2.24, 2.45) is 5.73 Å². The molecule has 0 heterocycles. The minimum atomic E-state index is -0.652. The molecule has 202 valence electrons. The Hall–Kier alpha value is -3.72. The Balaban J connectivity index is 0.000000722. The smallest absolute Gasteiger partial charge is 0.305 e. The summed E-state index contributed by atoms with van der Waals surface area (Å²) in [7, 11) is 1.37. The molecule has 0 aliphatic rings. The number of nitrogen functional groups attached to an aromatic ring is 1. The van der Waals surface area contributed by atoms with Gasteiger partial charge in [-0.3, -0.25) is 19.8 Å². The van der Waals surface area contributed by atoms with Crippen LogP contribution in [0.5, 0.6) is 0 Å². The van der Waals surface area contributed by atoms with Gasteiger partial charge in [-0.15, -0.1) is 0 Å². The summed E-state index contributed by atoms with van der Waals surface area (Å²) in [6.07, 6.45) is 4.03. The van der Waals surface area contributed by atoms with Crippen LogP contribution in [-0.2, 0) is 32.1 Å². The third-order valence-corrected chi connectivity index (χ3v) is 5.50. The lowest BCUT2D eigenvalue weighted by Crippen LogP contribution is -2.47. The fourth-order valence-electron chi connectivity index (χ4n) is 3.22. The number of hydrogen-bond acceptors (Lipinski definition) is 6. The van der Waals surface area contributed by atoms with Crippen molar-refractivity contribution in [2.45, 2.75) is 58.5 Å². The first kappa shape index (κ1) is 31.3. The number of carbonyl (C=O) groups is 3. The number of unbranched alkanes of at least 4 members (excludes halogenated alkanes) is 2. The zero-order chi connectivity index (χ0) is 27.5. The van der Waals surface area contributed by atoms with E-state index in [-0.39, 0.29) is 30.2 Å². The quantitative estimate of drug-likeness (QED) is 0.114. The first-order valence-electron chi connectivity index (χ1n) is 12.6. The standard InChI is InChI=1S/C20H31N5O4.C8H10/c1-14(20(28)24-12-15-7-9-16(10-8-15)19(21)22)25-17(26)13-23-11-5-3-4-6-18(27)29-2;1-2-8-6-4-3-5-7-8/h7-10,14,23H,3-6,11-13H2,1-2H3,(H3,21,22)(H,24,28)(H,25,26);3-7H,2H2,1H3. The molecule has 9 heteroatoms. The average molecular weight is 512 g/mol. The summed E-state index contributed by atoms with van der Waals surface area (Å²) in [6, 6.07) is 16.8. The van der Waals surface area contributed by atoms with Crippen LogP contribution in [0, 0.1) is 5.41 Å². The van der Waals surface area contributed by atoms with Crippen molar-refractivity contribution >= 4 is 23.6 Å². The Labute approximate surface area is 220 Å². The van der Waals surface area contributed by atoms with E-state index in [9.17, 15) is 14.4 Å². The van der Waals surface area contributed by atoms with E-state index in [0.717, 1.165) is 31.2 Å². The molecule has 37 heavy (non-hydrogen) atoms. The predicted octanol–water partition coefficient (Wildman–Crippen LogP) is 2.66. The van der Waals surface area contributed by atoms with Gasteiger partial charge in [0, 0.05) is 18.5 Å². The maximum absolute atomic E-state index is 12.1. The third kappa shape index (κ3) is 14.4. The number of ether oxygens (including phenoxy) is 1. The van der Waals surface area contributed by atoms with Gasteiger partial charge in [-0.05, 0) is 43.9 Å². The highest BCUT2D eigenvalue weighted by atomic mass is 16.5. The number of esters is 1. The fourth-order valence-corrected chi connectivity index (χ4v) is 3.22. The van der Waals surface area contributed by atoms with Crippen LogP contribution in [0.2, 0.25) is 0 Å². The molecule has 2 aromatic rings. The van der Waals surface area contributed by atoms with Crippen molar-refractivity contribution in [2.75, 3.05) is 20.2 Å². The molecule has 0 radical (unpaired) electrons. The van der Waals surface area contributed by atoms with E-state index < -0.39 is 6.04 Å². The molecule has 2 aromatic carbocycles. The summed E-state index contributed by atoms with van der Waals surface area (Å²) in [5.74, 6) is -0.755. The van der Waals surface area contributed by atoms with Crippen LogP contribution in [0.3, 0.4) is 0 Å². The number of hydrogen-bond donors (Lipinski definition) is 5. The van der Waals surface area contributed by atoms with Crippen molar-refractivity contribution in [3.8, 4) is 0 Å². The number of aryl methyl sites for hydroxylation is 1. The predicted molar refractivity (Wildman–Crippen MR) is 146 cm³/mol. The van der Waals surface area contributed by atoms with E-state index in [0.29, 0.717) is 25.1 Å². The average Bonchev–Trinajstić information content (AvgIpc) is 2.91. The Morgan fingerprint density at radius 2 is 1.65 bits per heavy atom. The molecule has 0 saturated carbocycles. The molecule has 0 aromatic heterocycles. The Morgan fingerprint density at radius 1 is 0.973 bits per heavy atom. The minimum Gasteiger partial charge on any atom is -0.469 e. The number of amidine groups is 1. The SMILES string of the molecule is CCc1ccccc1.COC(=O)CCCCCNCC(=O)NC(C)C(=O)NCc1ccc(C(=N)N)cc1. The number of benzene rings is 2. The molecule has 0 aliphatic heterocycles. The highest BCUT2D eigenvalue weighted by molar-refractivity contribution is 5.94. The Kier molecular flexibility index (Phi) is 15.7. The summed E-state index contributed by atoms with van der Waals surface area (Å²) in [5.41, 5.74) is 8.31. The molecule has 1 unspecified atom stereocenters. The molecule has 0 spiro atoms. The number of methoxy groups -OCH3 is 1. The number of amides is 2. The molecule has 1 atom stereocenters. The monoisotopic (exact) mass is 511 g/mol. The second-order valence-corrected chi connectivity index (χ2v) is 8.52. The summed E-state index contributed by atoms with van der Waals surface area (Å²) in [5, 5.41) is 15.8. The molecule has 9 nitrogen and oxygen atoms in total. The molecule has 2 rings (SSSR count). The molecule has 0 aliphatic carbocycles. The summed E-state index contributed by atoms with van der Waals surface area (Å²) in [4.78, 5) is 35.0. The number of nitrogens with two attached hydrogens (primary N) is 1. The van der Waals surface area contributed by atoms with Crippen LogP contribution >= 0.6 is 0 Å². The molecule has 6 N–H and O–H groups in total. The van der Waals surface area contributed by atoms with Crippen LogP contribution < -0.4 is 21.7 Å². The zero-order valence-corrected chi connectivity index (χ0v) is 22.1. The zero-order valence-electron chi connectivity index (χ0n) is 22.1. The largest absolute Gasteiger partial charge is 0.469 e. The summed E-state index contributed by atoms with van der Waals surface area (Å²) >= 11 is 0. The maximum atomic E-state index is 12.1. The van der Waals surface area contributed by atoms with Crippen LogP contribution in [0.1, 0.15) is 56.2 Å². The number of nitrogens with one attached hydrogen (secondary N) is 4. The van der Waals surface area contributed by atoms with Gasteiger partial charge in [0.25, 0.3) is 0 Å². The number of carbonyl (C=O) groups excluding carboxylic acids is 3. The van der Waals surface area contributed by atoms with Crippen LogP contribution in [-0.4, -0.2) is 49.9 Å². The molecular formula is C28H41N5O4. The molecule has 2 amide bonds. The lowest BCUT2D eigenvalue weighted by Gasteiger charge is -2.14. The maximum Gasteiger partial charge on any atom is 0.305 e. The van der Waals surface area contributed by atoms with Crippen molar-refractivity contribution in [1.82, 2.24) is 16.0 Å². The first-order valence-corrected chi connectivity index (χ1v) is 12.6. The van der Waals surface area contributed by atoms with Crippen molar-refractivity contribution in [3.63, 3.8) is 0 Å². The van der Waals surface area contributed by atoms with Crippen LogP contribution in [0.15, 0.2) is 54.6 Å². The molecule has 0 saturated heterocycles. The van der Waals surface area contributed by atoms with Gasteiger partial charge in [-0.25, -0.2) is 0 Å². The highest BCUT2D eigenvalue weighted by Crippen LogP contribution is 2.04. The normalized spacial score (nSPS) is 10.9. The van der Waals surface area contributed by atoms with Gasteiger partial charge >= 0.3 is 5.97 Å². The molecule has 0 fully saturated rings. The van der Waals surface area contributed by atoms with Gasteiger partial charge in [0.2, 0.25) is 11.8 Å². The lowest BCUT2D eigenvalue weighted by atomic mass is 10.1. The molecule has 0 bridgehead atoms. The second-order valence-electron chi connectivity index (χ2n) is 8.52. The fraction of sp³-hybridized carbons (Fsp3) is 0.429. The van der Waals surface area contributed by atoms with E-state index in [1.807, 2.05) is 6.07 Å². The van der Waals surface area contributed by atoms with Gasteiger partial charge in [0.15, 0.2) is 0 Å². The first-order chi connectivity index (χ1) is 17.8.